The van der Waals surface area contributed by atoms with Crippen molar-refractivity contribution in [3.63, 3.8) is 0 Å². The van der Waals surface area contributed by atoms with E-state index in [4.69, 9.17) is 0 Å². The molecule has 1 aliphatic heterocycles. The summed E-state index contributed by atoms with van der Waals surface area (Å²) in [5.41, 5.74) is 1.46. The number of thiophene rings is 1. The smallest absolute Gasteiger partial charge is 0.0245 e. The second kappa shape index (κ2) is 5.71. The van der Waals surface area contributed by atoms with Crippen LogP contribution in [0.25, 0.3) is 0 Å². The van der Waals surface area contributed by atoms with Crippen LogP contribution in [-0.2, 0) is 6.54 Å². The van der Waals surface area contributed by atoms with Crippen LogP contribution in [0.2, 0.25) is 0 Å². The van der Waals surface area contributed by atoms with E-state index in [-0.39, 0.29) is 12.4 Å². The van der Waals surface area contributed by atoms with Crippen LogP contribution in [0.3, 0.4) is 0 Å². The molecule has 2 nitrogen and oxygen atoms in total. The van der Waals surface area contributed by atoms with Crippen molar-refractivity contribution < 1.29 is 0 Å². The predicted octanol–water partition coefficient (Wildman–Crippen LogP) is 1.96. The van der Waals surface area contributed by atoms with Crippen molar-refractivity contribution in [2.75, 3.05) is 19.6 Å². The summed E-state index contributed by atoms with van der Waals surface area (Å²) in [7, 11) is 0. The van der Waals surface area contributed by atoms with Crippen LogP contribution in [0, 0.1) is 0 Å². The lowest BCUT2D eigenvalue weighted by atomic mass is 10.2. The SMILES string of the molecule is CC1CNCCN1Cc1ccsc1.Cl. The third-order valence-corrected chi connectivity index (χ3v) is 3.34. The molecule has 1 atom stereocenters. The first kappa shape index (κ1) is 12.0. The highest BCUT2D eigenvalue weighted by atomic mass is 35.5. The zero-order valence-electron chi connectivity index (χ0n) is 8.40. The molecule has 0 bridgehead atoms. The maximum Gasteiger partial charge on any atom is 0.0245 e. The van der Waals surface area contributed by atoms with Crippen LogP contribution in [0.4, 0.5) is 0 Å². The number of hydrogen-bond acceptors (Lipinski definition) is 3. The highest BCUT2D eigenvalue weighted by Gasteiger charge is 2.17. The standard InChI is InChI=1S/C10H16N2S.ClH/c1-9-6-11-3-4-12(9)7-10-2-5-13-8-10;/h2,5,8-9,11H,3-4,6-7H2,1H3;1H. The molecule has 2 heterocycles. The second-order valence-corrected chi connectivity index (χ2v) is 4.44. The lowest BCUT2D eigenvalue weighted by Gasteiger charge is -2.33. The monoisotopic (exact) mass is 232 g/mol. The Kier molecular flexibility index (Phi) is 4.89. The van der Waals surface area contributed by atoms with Gasteiger partial charge in [0.1, 0.15) is 0 Å². The molecule has 0 aliphatic carbocycles. The molecule has 14 heavy (non-hydrogen) atoms. The predicted molar refractivity (Wildman–Crippen MR) is 64.3 cm³/mol. The summed E-state index contributed by atoms with van der Waals surface area (Å²) in [5.74, 6) is 0. The van der Waals surface area contributed by atoms with Crippen molar-refractivity contribution in [2.24, 2.45) is 0 Å². The van der Waals surface area contributed by atoms with Gasteiger partial charge in [-0.15, -0.1) is 12.4 Å². The molecule has 0 saturated carbocycles. The van der Waals surface area contributed by atoms with Gasteiger partial charge in [-0.3, -0.25) is 4.90 Å². The largest absolute Gasteiger partial charge is 0.314 e. The number of hydrogen-bond donors (Lipinski definition) is 1. The second-order valence-electron chi connectivity index (χ2n) is 3.66. The Labute approximate surface area is 95.7 Å². The molecule has 0 aromatic carbocycles. The molecule has 1 N–H and O–H groups in total. The van der Waals surface area contributed by atoms with Crippen LogP contribution < -0.4 is 5.32 Å². The average Bonchev–Trinajstić information content (AvgIpc) is 2.61. The topological polar surface area (TPSA) is 15.3 Å². The van der Waals surface area contributed by atoms with Crippen LogP contribution in [-0.4, -0.2) is 30.6 Å². The fourth-order valence-corrected chi connectivity index (χ4v) is 2.39. The Morgan fingerprint density at radius 1 is 1.64 bits per heavy atom. The van der Waals surface area contributed by atoms with Gasteiger partial charge in [0.2, 0.25) is 0 Å². The molecule has 0 spiro atoms. The Morgan fingerprint density at radius 2 is 2.50 bits per heavy atom. The van der Waals surface area contributed by atoms with Crippen molar-refractivity contribution in [3.8, 4) is 0 Å². The van der Waals surface area contributed by atoms with Gasteiger partial charge in [-0.05, 0) is 29.3 Å². The highest BCUT2D eigenvalue weighted by Crippen LogP contribution is 2.12. The Bertz CT molecular complexity index is 251. The number of nitrogens with zero attached hydrogens (tertiary/aromatic N) is 1. The lowest BCUT2D eigenvalue weighted by Crippen LogP contribution is -2.49. The highest BCUT2D eigenvalue weighted by molar-refractivity contribution is 7.07. The summed E-state index contributed by atoms with van der Waals surface area (Å²) in [4.78, 5) is 2.54. The molecule has 4 heteroatoms. The molecule has 0 amide bonds. The Balaban J connectivity index is 0.000000980. The zero-order valence-corrected chi connectivity index (χ0v) is 10.0. The van der Waals surface area contributed by atoms with Gasteiger partial charge in [-0.1, -0.05) is 0 Å². The normalized spacial score (nSPS) is 23.1. The third kappa shape index (κ3) is 2.95. The fraction of sp³-hybridized carbons (Fsp3) is 0.600. The molecule has 80 valence electrons. The first-order valence-corrected chi connectivity index (χ1v) is 5.76. The van der Waals surface area contributed by atoms with Crippen molar-refractivity contribution in [1.82, 2.24) is 10.2 Å². The Morgan fingerprint density at radius 3 is 3.14 bits per heavy atom. The number of halogens is 1. The van der Waals surface area contributed by atoms with E-state index in [2.05, 4.69) is 34.0 Å². The van der Waals surface area contributed by atoms with E-state index in [0.29, 0.717) is 6.04 Å². The van der Waals surface area contributed by atoms with E-state index in [1.807, 2.05) is 0 Å². The van der Waals surface area contributed by atoms with E-state index in [0.717, 1.165) is 19.6 Å². The quantitative estimate of drug-likeness (QED) is 0.839. The van der Waals surface area contributed by atoms with E-state index < -0.39 is 0 Å². The van der Waals surface area contributed by atoms with Gasteiger partial charge >= 0.3 is 0 Å². The minimum absolute atomic E-state index is 0. The van der Waals surface area contributed by atoms with Crippen molar-refractivity contribution >= 4 is 23.7 Å². The summed E-state index contributed by atoms with van der Waals surface area (Å²) in [5, 5.41) is 7.80. The number of rotatable bonds is 2. The minimum atomic E-state index is 0. The van der Waals surface area contributed by atoms with Crippen molar-refractivity contribution in [1.29, 1.82) is 0 Å². The molecular weight excluding hydrogens is 216 g/mol. The number of nitrogens with one attached hydrogen (secondary N) is 1. The zero-order chi connectivity index (χ0) is 9.10. The van der Waals surface area contributed by atoms with E-state index in [9.17, 15) is 0 Å². The van der Waals surface area contributed by atoms with Crippen molar-refractivity contribution in [2.45, 2.75) is 19.5 Å². The molecule has 1 aromatic rings. The summed E-state index contributed by atoms with van der Waals surface area (Å²) in [6.07, 6.45) is 0. The van der Waals surface area contributed by atoms with E-state index in [1.165, 1.54) is 12.1 Å². The van der Waals surface area contributed by atoms with Crippen molar-refractivity contribution in [3.05, 3.63) is 22.4 Å². The minimum Gasteiger partial charge on any atom is -0.314 e. The molecule has 2 rings (SSSR count). The van der Waals surface area contributed by atoms with Gasteiger partial charge in [-0.25, -0.2) is 0 Å². The van der Waals surface area contributed by atoms with Crippen LogP contribution in [0.1, 0.15) is 12.5 Å². The summed E-state index contributed by atoms with van der Waals surface area (Å²) in [6.45, 7) is 6.85. The molecular formula is C10H17ClN2S. The first-order chi connectivity index (χ1) is 6.36. The molecule has 1 aromatic heterocycles. The summed E-state index contributed by atoms with van der Waals surface area (Å²) >= 11 is 1.79. The average molecular weight is 233 g/mol. The van der Waals surface area contributed by atoms with Crippen LogP contribution in [0.15, 0.2) is 16.8 Å². The van der Waals surface area contributed by atoms with Gasteiger partial charge in [0, 0.05) is 32.2 Å². The Hall–Kier alpha value is -0.0900. The van der Waals surface area contributed by atoms with Crippen LogP contribution >= 0.6 is 23.7 Å². The molecule has 1 saturated heterocycles. The molecule has 1 aliphatic rings. The maximum absolute atomic E-state index is 3.41. The van der Waals surface area contributed by atoms with Crippen LogP contribution in [0.5, 0.6) is 0 Å². The van der Waals surface area contributed by atoms with Gasteiger partial charge in [-0.2, -0.15) is 11.3 Å². The maximum atomic E-state index is 3.41. The molecule has 1 unspecified atom stereocenters. The van der Waals surface area contributed by atoms with E-state index in [1.54, 1.807) is 11.3 Å². The van der Waals surface area contributed by atoms with Gasteiger partial charge in [0.15, 0.2) is 0 Å². The van der Waals surface area contributed by atoms with Gasteiger partial charge in [0.05, 0.1) is 0 Å². The van der Waals surface area contributed by atoms with E-state index >= 15 is 0 Å². The van der Waals surface area contributed by atoms with Gasteiger partial charge in [0.25, 0.3) is 0 Å². The fourth-order valence-electron chi connectivity index (χ4n) is 1.74. The first-order valence-electron chi connectivity index (χ1n) is 4.82. The molecule has 1 fully saturated rings. The van der Waals surface area contributed by atoms with Gasteiger partial charge < -0.3 is 5.32 Å². The lowest BCUT2D eigenvalue weighted by molar-refractivity contribution is 0.166. The summed E-state index contributed by atoms with van der Waals surface area (Å²) < 4.78 is 0. The molecule has 0 radical (unpaired) electrons. The summed E-state index contributed by atoms with van der Waals surface area (Å²) in [6, 6.07) is 2.90. The number of piperazine rings is 1. The third-order valence-electron chi connectivity index (χ3n) is 2.60.